The lowest BCUT2D eigenvalue weighted by Gasteiger charge is -2.34. The molecule has 3 N–H and O–H groups in total. The molecule has 0 amide bonds. The van der Waals surface area contributed by atoms with Crippen molar-refractivity contribution in [2.24, 2.45) is 23.6 Å². The van der Waals surface area contributed by atoms with Gasteiger partial charge in [0.25, 0.3) is 0 Å². The monoisotopic (exact) mass is 281 g/mol. The lowest BCUT2D eigenvalue weighted by Crippen LogP contribution is -2.44. The molecule has 0 bridgehead atoms. The van der Waals surface area contributed by atoms with Crippen molar-refractivity contribution in [2.45, 2.75) is 58.9 Å². The Labute approximate surface area is 121 Å². The number of rotatable bonds is 5. The second-order valence-electron chi connectivity index (χ2n) is 6.28. The number of thiazole rings is 1. The third kappa shape index (κ3) is 4.01. The Balaban J connectivity index is 1.88. The van der Waals surface area contributed by atoms with Gasteiger partial charge in [0.2, 0.25) is 0 Å². The molecule has 1 heterocycles. The summed E-state index contributed by atoms with van der Waals surface area (Å²) < 4.78 is 0. The minimum atomic E-state index is 0.388. The lowest BCUT2D eigenvalue weighted by molar-refractivity contribution is 0.188. The molecule has 1 aliphatic rings. The van der Waals surface area contributed by atoms with Gasteiger partial charge in [0.05, 0.1) is 5.01 Å². The first kappa shape index (κ1) is 14.9. The summed E-state index contributed by atoms with van der Waals surface area (Å²) in [5.41, 5.74) is 4.16. The van der Waals surface area contributed by atoms with Crippen molar-refractivity contribution in [1.29, 1.82) is 0 Å². The topological polar surface area (TPSA) is 50.9 Å². The maximum Gasteiger partial charge on any atom is 0.0944 e. The zero-order valence-electron chi connectivity index (χ0n) is 12.4. The molecular formula is C15H27N3S. The molecule has 1 atom stereocenters. The number of nitrogens with one attached hydrogen (secondary N) is 1. The number of aromatic nitrogens is 1. The fourth-order valence-corrected chi connectivity index (χ4v) is 4.09. The van der Waals surface area contributed by atoms with E-state index in [-0.39, 0.29) is 0 Å². The SMILES string of the molecule is Cc1csc(CC(NN)C2CCC(C(C)C)CC2)n1. The van der Waals surface area contributed by atoms with Gasteiger partial charge in [-0.05, 0) is 50.4 Å². The van der Waals surface area contributed by atoms with Crippen molar-refractivity contribution in [3.05, 3.63) is 16.1 Å². The molecule has 1 aliphatic carbocycles. The van der Waals surface area contributed by atoms with Gasteiger partial charge in [0.1, 0.15) is 0 Å². The average Bonchev–Trinajstić information content (AvgIpc) is 2.81. The van der Waals surface area contributed by atoms with Gasteiger partial charge in [-0.3, -0.25) is 11.3 Å². The molecule has 1 unspecified atom stereocenters. The van der Waals surface area contributed by atoms with Gasteiger partial charge in [0.15, 0.2) is 0 Å². The van der Waals surface area contributed by atoms with Crippen LogP contribution in [0.5, 0.6) is 0 Å². The Hall–Kier alpha value is -0.450. The van der Waals surface area contributed by atoms with E-state index in [4.69, 9.17) is 5.84 Å². The van der Waals surface area contributed by atoms with Gasteiger partial charge < -0.3 is 0 Å². The van der Waals surface area contributed by atoms with Crippen molar-refractivity contribution < 1.29 is 0 Å². The minimum Gasteiger partial charge on any atom is -0.271 e. The smallest absolute Gasteiger partial charge is 0.0944 e. The van der Waals surface area contributed by atoms with Crippen LogP contribution >= 0.6 is 11.3 Å². The van der Waals surface area contributed by atoms with Crippen molar-refractivity contribution in [1.82, 2.24) is 10.4 Å². The highest BCUT2D eigenvalue weighted by Gasteiger charge is 2.28. The molecule has 0 radical (unpaired) electrons. The first-order chi connectivity index (χ1) is 9.10. The predicted molar refractivity (Wildman–Crippen MR) is 82.0 cm³/mol. The van der Waals surface area contributed by atoms with Gasteiger partial charge in [-0.2, -0.15) is 0 Å². The first-order valence-electron chi connectivity index (χ1n) is 7.47. The van der Waals surface area contributed by atoms with Crippen LogP contribution in [-0.4, -0.2) is 11.0 Å². The molecule has 1 fully saturated rings. The summed E-state index contributed by atoms with van der Waals surface area (Å²) in [6.07, 6.45) is 6.31. The molecular weight excluding hydrogens is 254 g/mol. The van der Waals surface area contributed by atoms with Gasteiger partial charge in [-0.1, -0.05) is 13.8 Å². The van der Waals surface area contributed by atoms with E-state index in [1.165, 1.54) is 30.7 Å². The number of nitrogens with two attached hydrogens (primary N) is 1. The van der Waals surface area contributed by atoms with E-state index in [0.29, 0.717) is 12.0 Å². The van der Waals surface area contributed by atoms with Crippen LogP contribution in [0.25, 0.3) is 0 Å². The molecule has 1 aromatic rings. The standard InChI is InChI=1S/C15H27N3S/c1-10(2)12-4-6-13(7-5-12)14(18-16)8-15-17-11(3)9-19-15/h9-10,12-14,18H,4-8,16H2,1-3H3. The lowest BCUT2D eigenvalue weighted by atomic mass is 9.74. The largest absolute Gasteiger partial charge is 0.271 e. The van der Waals surface area contributed by atoms with E-state index in [1.54, 1.807) is 11.3 Å². The van der Waals surface area contributed by atoms with E-state index >= 15 is 0 Å². The Morgan fingerprint density at radius 2 is 1.95 bits per heavy atom. The maximum atomic E-state index is 5.78. The molecule has 19 heavy (non-hydrogen) atoms. The van der Waals surface area contributed by atoms with Crippen LogP contribution in [0.4, 0.5) is 0 Å². The Morgan fingerprint density at radius 3 is 2.42 bits per heavy atom. The maximum absolute atomic E-state index is 5.78. The molecule has 4 heteroatoms. The predicted octanol–water partition coefficient (Wildman–Crippen LogP) is 3.29. The van der Waals surface area contributed by atoms with Crippen LogP contribution in [0.15, 0.2) is 5.38 Å². The molecule has 0 spiro atoms. The Morgan fingerprint density at radius 1 is 1.32 bits per heavy atom. The molecule has 3 nitrogen and oxygen atoms in total. The second-order valence-corrected chi connectivity index (χ2v) is 7.22. The summed E-state index contributed by atoms with van der Waals surface area (Å²) in [5.74, 6) is 8.23. The zero-order chi connectivity index (χ0) is 13.8. The van der Waals surface area contributed by atoms with Gasteiger partial charge in [-0.15, -0.1) is 11.3 Å². The highest BCUT2D eigenvalue weighted by atomic mass is 32.1. The van der Waals surface area contributed by atoms with Gasteiger partial charge in [-0.25, -0.2) is 4.98 Å². The van der Waals surface area contributed by atoms with Crippen LogP contribution in [0, 0.1) is 24.7 Å². The van der Waals surface area contributed by atoms with Crippen LogP contribution in [-0.2, 0) is 6.42 Å². The number of hydrazine groups is 1. The third-order valence-electron chi connectivity index (χ3n) is 4.60. The fourth-order valence-electron chi connectivity index (χ4n) is 3.26. The second kappa shape index (κ2) is 6.82. The Bertz CT molecular complexity index is 380. The highest BCUT2D eigenvalue weighted by Crippen LogP contribution is 2.35. The average molecular weight is 281 g/mol. The summed E-state index contributed by atoms with van der Waals surface area (Å²) in [4.78, 5) is 4.56. The molecule has 2 rings (SSSR count). The van der Waals surface area contributed by atoms with Crippen molar-refractivity contribution in [3.63, 3.8) is 0 Å². The summed E-state index contributed by atoms with van der Waals surface area (Å²) >= 11 is 1.76. The van der Waals surface area contributed by atoms with E-state index in [2.05, 4.69) is 36.6 Å². The van der Waals surface area contributed by atoms with Crippen molar-refractivity contribution in [3.8, 4) is 0 Å². The van der Waals surface area contributed by atoms with Crippen molar-refractivity contribution >= 4 is 11.3 Å². The van der Waals surface area contributed by atoms with Crippen LogP contribution in [0.1, 0.15) is 50.2 Å². The van der Waals surface area contributed by atoms with Crippen LogP contribution in [0.2, 0.25) is 0 Å². The van der Waals surface area contributed by atoms with Gasteiger partial charge in [0, 0.05) is 23.5 Å². The minimum absolute atomic E-state index is 0.388. The molecule has 0 aliphatic heterocycles. The quantitative estimate of drug-likeness (QED) is 0.643. The van der Waals surface area contributed by atoms with Crippen LogP contribution in [0.3, 0.4) is 0 Å². The number of hydrogen-bond acceptors (Lipinski definition) is 4. The number of hydrogen-bond donors (Lipinski definition) is 2. The molecule has 0 aromatic carbocycles. The van der Waals surface area contributed by atoms with Gasteiger partial charge >= 0.3 is 0 Å². The van der Waals surface area contributed by atoms with E-state index < -0.39 is 0 Å². The highest BCUT2D eigenvalue weighted by molar-refractivity contribution is 7.09. The van der Waals surface area contributed by atoms with E-state index in [0.717, 1.165) is 24.0 Å². The summed E-state index contributed by atoms with van der Waals surface area (Å²) in [6, 6.07) is 0.388. The van der Waals surface area contributed by atoms with E-state index in [1.807, 2.05) is 0 Å². The summed E-state index contributed by atoms with van der Waals surface area (Å²) in [5, 5.41) is 3.34. The molecule has 1 saturated carbocycles. The molecule has 0 saturated heterocycles. The zero-order valence-corrected chi connectivity index (χ0v) is 13.2. The molecule has 1 aromatic heterocycles. The Kier molecular flexibility index (Phi) is 5.37. The number of nitrogens with zero attached hydrogens (tertiary/aromatic N) is 1. The first-order valence-corrected chi connectivity index (χ1v) is 8.35. The third-order valence-corrected chi connectivity index (χ3v) is 5.59. The summed E-state index contributed by atoms with van der Waals surface area (Å²) in [6.45, 7) is 6.75. The fraction of sp³-hybridized carbons (Fsp3) is 0.800. The molecule has 108 valence electrons. The van der Waals surface area contributed by atoms with Crippen molar-refractivity contribution in [2.75, 3.05) is 0 Å². The summed E-state index contributed by atoms with van der Waals surface area (Å²) in [7, 11) is 0. The van der Waals surface area contributed by atoms with E-state index in [9.17, 15) is 0 Å². The normalized spacial score (nSPS) is 25.7. The van der Waals surface area contributed by atoms with Crippen LogP contribution < -0.4 is 11.3 Å². The number of aryl methyl sites for hydroxylation is 1.